The second-order valence-corrected chi connectivity index (χ2v) is 8.43. The highest BCUT2D eigenvalue weighted by molar-refractivity contribution is 8.00. The Morgan fingerprint density at radius 2 is 1.96 bits per heavy atom. The van der Waals surface area contributed by atoms with Crippen LogP contribution in [0.4, 0.5) is 0 Å². The zero-order valence-corrected chi connectivity index (χ0v) is 17.9. The maximum Gasteiger partial charge on any atom is 0.197 e. The number of nitriles is 1. The molecule has 3 rings (SSSR count). The number of hydrogen-bond donors (Lipinski definition) is 0. The Morgan fingerprint density at radius 1 is 1.18 bits per heavy atom. The van der Waals surface area contributed by atoms with Crippen LogP contribution >= 0.6 is 35.0 Å². The Balaban J connectivity index is 1.99. The maximum atomic E-state index is 9.19. The first-order valence-electron chi connectivity index (χ1n) is 8.55. The summed E-state index contributed by atoms with van der Waals surface area (Å²) in [5, 5.41) is 19.1. The lowest BCUT2D eigenvalue weighted by molar-refractivity contribution is 0.293. The second-order valence-electron chi connectivity index (χ2n) is 6.28. The SMILES string of the molecule is Cc1ccc(C)c(-n2c(COc3ccc(Cl)cc3Cl)nnc2S[C@@H](C)C#N)c1. The molecule has 0 radical (unpaired) electrons. The molecule has 0 spiro atoms. The number of benzene rings is 2. The minimum Gasteiger partial charge on any atom is -0.484 e. The largest absolute Gasteiger partial charge is 0.484 e. The Morgan fingerprint density at radius 3 is 2.68 bits per heavy atom. The number of rotatable bonds is 6. The van der Waals surface area contributed by atoms with Crippen LogP contribution in [0.1, 0.15) is 23.9 Å². The van der Waals surface area contributed by atoms with E-state index in [1.54, 1.807) is 18.2 Å². The number of aromatic nitrogens is 3. The van der Waals surface area contributed by atoms with E-state index in [1.165, 1.54) is 11.8 Å². The molecule has 0 saturated carbocycles. The van der Waals surface area contributed by atoms with Gasteiger partial charge in [0.1, 0.15) is 12.4 Å². The highest BCUT2D eigenvalue weighted by Crippen LogP contribution is 2.30. The zero-order valence-electron chi connectivity index (χ0n) is 15.6. The molecule has 0 aliphatic carbocycles. The van der Waals surface area contributed by atoms with E-state index in [0.29, 0.717) is 26.8 Å². The predicted octanol–water partition coefficient (Wildman–Crippen LogP) is 5.77. The Kier molecular flexibility index (Phi) is 6.50. The molecular weight excluding hydrogens is 415 g/mol. The summed E-state index contributed by atoms with van der Waals surface area (Å²) in [7, 11) is 0. The smallest absolute Gasteiger partial charge is 0.197 e. The molecule has 1 heterocycles. The third-order valence-corrected chi connectivity index (χ3v) is 5.49. The molecule has 2 aromatic carbocycles. The number of hydrogen-bond acceptors (Lipinski definition) is 5. The number of ether oxygens (including phenoxy) is 1. The summed E-state index contributed by atoms with van der Waals surface area (Å²) >= 11 is 13.5. The van der Waals surface area contributed by atoms with Crippen molar-refractivity contribution in [1.82, 2.24) is 14.8 Å². The monoisotopic (exact) mass is 432 g/mol. The molecule has 0 aliphatic heterocycles. The molecule has 0 aliphatic rings. The van der Waals surface area contributed by atoms with Crippen molar-refractivity contribution in [2.24, 2.45) is 0 Å². The fourth-order valence-corrected chi connectivity index (χ4v) is 3.82. The van der Waals surface area contributed by atoms with Crippen LogP contribution in [0.2, 0.25) is 10.0 Å². The first kappa shape index (κ1) is 20.5. The summed E-state index contributed by atoms with van der Waals surface area (Å²) in [5.74, 6) is 1.13. The Hall–Kier alpha value is -2.20. The summed E-state index contributed by atoms with van der Waals surface area (Å²) in [6.45, 7) is 6.05. The van der Waals surface area contributed by atoms with E-state index in [0.717, 1.165) is 16.8 Å². The van der Waals surface area contributed by atoms with Gasteiger partial charge >= 0.3 is 0 Å². The van der Waals surface area contributed by atoms with Gasteiger partial charge in [0.2, 0.25) is 0 Å². The van der Waals surface area contributed by atoms with Gasteiger partial charge in [-0.3, -0.25) is 4.57 Å². The van der Waals surface area contributed by atoms with Crippen molar-refractivity contribution in [2.45, 2.75) is 37.8 Å². The highest BCUT2D eigenvalue weighted by Gasteiger charge is 2.19. The van der Waals surface area contributed by atoms with Gasteiger partial charge in [-0.1, -0.05) is 47.1 Å². The van der Waals surface area contributed by atoms with Gasteiger partial charge in [-0.15, -0.1) is 10.2 Å². The van der Waals surface area contributed by atoms with Crippen molar-refractivity contribution in [2.75, 3.05) is 0 Å². The van der Waals surface area contributed by atoms with Crippen molar-refractivity contribution >= 4 is 35.0 Å². The summed E-state index contributed by atoms with van der Waals surface area (Å²) in [4.78, 5) is 0. The normalized spacial score (nSPS) is 11.9. The topological polar surface area (TPSA) is 63.7 Å². The molecule has 0 saturated heterocycles. The zero-order chi connectivity index (χ0) is 20.3. The Bertz CT molecular complexity index is 1050. The van der Waals surface area contributed by atoms with E-state index >= 15 is 0 Å². The van der Waals surface area contributed by atoms with E-state index in [4.69, 9.17) is 27.9 Å². The quantitative estimate of drug-likeness (QED) is 0.462. The lowest BCUT2D eigenvalue weighted by Crippen LogP contribution is -2.09. The van der Waals surface area contributed by atoms with Crippen molar-refractivity contribution in [3.8, 4) is 17.5 Å². The fraction of sp³-hybridized carbons (Fsp3) is 0.250. The number of nitrogens with zero attached hydrogens (tertiary/aromatic N) is 4. The minimum absolute atomic E-state index is 0.170. The van der Waals surface area contributed by atoms with Crippen LogP contribution in [0.15, 0.2) is 41.6 Å². The number of halogens is 2. The average molecular weight is 433 g/mol. The number of aryl methyl sites for hydroxylation is 2. The predicted molar refractivity (Wildman–Crippen MR) is 113 cm³/mol. The van der Waals surface area contributed by atoms with Crippen LogP contribution in [-0.4, -0.2) is 20.0 Å². The van der Waals surface area contributed by atoms with E-state index < -0.39 is 0 Å². The lowest BCUT2D eigenvalue weighted by atomic mass is 10.1. The summed E-state index contributed by atoms with van der Waals surface area (Å²) in [5.41, 5.74) is 3.15. The third kappa shape index (κ3) is 4.61. The van der Waals surface area contributed by atoms with Gasteiger partial charge in [0, 0.05) is 5.02 Å². The van der Waals surface area contributed by atoms with Gasteiger partial charge < -0.3 is 4.74 Å². The Labute approximate surface area is 178 Å². The van der Waals surface area contributed by atoms with E-state index in [2.05, 4.69) is 28.4 Å². The molecule has 5 nitrogen and oxygen atoms in total. The summed E-state index contributed by atoms with van der Waals surface area (Å²) < 4.78 is 7.80. The standard InChI is InChI=1S/C20H18Cl2N4OS/c1-12-4-5-13(2)17(8-12)26-19(24-25-20(26)28-14(3)10-23)11-27-18-7-6-15(21)9-16(18)22/h4-9,14H,11H2,1-3H3/t14-/m0/s1. The van der Waals surface area contributed by atoms with Crippen LogP contribution in [0.3, 0.4) is 0 Å². The van der Waals surface area contributed by atoms with Crippen molar-refractivity contribution in [1.29, 1.82) is 5.26 Å². The van der Waals surface area contributed by atoms with Crippen LogP contribution in [0.25, 0.3) is 5.69 Å². The van der Waals surface area contributed by atoms with E-state index in [9.17, 15) is 5.26 Å². The average Bonchev–Trinajstić information content (AvgIpc) is 3.05. The highest BCUT2D eigenvalue weighted by atomic mass is 35.5. The molecular formula is C20H18Cl2N4OS. The molecule has 0 N–H and O–H groups in total. The van der Waals surface area contributed by atoms with Gasteiger partial charge in [0.15, 0.2) is 11.0 Å². The molecule has 0 amide bonds. The molecule has 0 bridgehead atoms. The second kappa shape index (κ2) is 8.87. The molecule has 0 unspecified atom stereocenters. The van der Waals surface area contributed by atoms with Crippen LogP contribution in [0, 0.1) is 25.2 Å². The van der Waals surface area contributed by atoms with Gasteiger partial charge in [-0.05, 0) is 56.2 Å². The fourth-order valence-electron chi connectivity index (χ4n) is 2.59. The number of thioether (sulfide) groups is 1. The van der Waals surface area contributed by atoms with Crippen LogP contribution in [0.5, 0.6) is 5.75 Å². The van der Waals surface area contributed by atoms with Crippen molar-refractivity contribution in [3.05, 3.63) is 63.4 Å². The van der Waals surface area contributed by atoms with E-state index in [1.807, 2.05) is 31.4 Å². The minimum atomic E-state index is -0.257. The summed E-state index contributed by atoms with van der Waals surface area (Å²) in [6, 6.07) is 13.5. The van der Waals surface area contributed by atoms with Gasteiger partial charge in [-0.2, -0.15) is 5.26 Å². The first-order chi connectivity index (χ1) is 13.4. The van der Waals surface area contributed by atoms with Crippen molar-refractivity contribution < 1.29 is 4.74 Å². The summed E-state index contributed by atoms with van der Waals surface area (Å²) in [6.07, 6.45) is 0. The van der Waals surface area contributed by atoms with Crippen molar-refractivity contribution in [3.63, 3.8) is 0 Å². The van der Waals surface area contributed by atoms with Gasteiger partial charge in [-0.25, -0.2) is 0 Å². The maximum absolute atomic E-state index is 9.19. The lowest BCUT2D eigenvalue weighted by Gasteiger charge is -2.15. The van der Waals surface area contributed by atoms with Crippen LogP contribution in [-0.2, 0) is 6.61 Å². The van der Waals surface area contributed by atoms with E-state index in [-0.39, 0.29) is 11.9 Å². The van der Waals surface area contributed by atoms with Gasteiger partial charge in [0.05, 0.1) is 22.0 Å². The van der Waals surface area contributed by atoms with Gasteiger partial charge in [0.25, 0.3) is 0 Å². The van der Waals surface area contributed by atoms with Crippen LogP contribution < -0.4 is 4.74 Å². The molecule has 28 heavy (non-hydrogen) atoms. The molecule has 0 fully saturated rings. The molecule has 3 aromatic rings. The molecule has 144 valence electrons. The third-order valence-electron chi connectivity index (χ3n) is 4.02. The molecule has 8 heteroatoms. The molecule has 1 aromatic heterocycles. The first-order valence-corrected chi connectivity index (χ1v) is 10.2. The molecule has 1 atom stereocenters.